The fraction of sp³-hybridized carbons (Fsp3) is 0.625. The highest BCUT2D eigenvalue weighted by Gasteiger charge is 2.52. The Balaban J connectivity index is 0.000000457. The maximum Gasteiger partial charge on any atom is -0.00414 e. The van der Waals surface area contributed by atoms with Crippen LogP contribution in [0, 0.1) is 5.41 Å². The summed E-state index contributed by atoms with van der Waals surface area (Å²) in [6.45, 7) is 6.48. The van der Waals surface area contributed by atoms with E-state index in [2.05, 4.69) is 37.3 Å². The molecule has 0 atom stereocenters. The SMILES string of the molecule is CC.CC12CCC(c3ccccc3)(CC1)C2. The predicted molar refractivity (Wildman–Crippen MR) is 70.7 cm³/mol. The molecule has 1 aromatic carbocycles. The lowest BCUT2D eigenvalue weighted by molar-refractivity contribution is 0.328. The molecule has 16 heavy (non-hydrogen) atoms. The second-order valence-corrected chi connectivity index (χ2v) is 5.63. The lowest BCUT2D eigenvalue weighted by atomic mass is 9.77. The average Bonchev–Trinajstić information content (AvgIpc) is 2.88. The number of hydrogen-bond acceptors (Lipinski definition) is 0. The first kappa shape index (κ1) is 11.7. The molecule has 88 valence electrons. The lowest BCUT2D eigenvalue weighted by Gasteiger charge is -2.27. The van der Waals surface area contributed by atoms with Gasteiger partial charge in [0.2, 0.25) is 0 Å². The van der Waals surface area contributed by atoms with Gasteiger partial charge in [-0.25, -0.2) is 0 Å². The molecular weight excluding hydrogens is 192 g/mol. The molecule has 0 saturated heterocycles. The number of rotatable bonds is 1. The monoisotopic (exact) mass is 216 g/mol. The Labute approximate surface area is 100 Å². The molecule has 2 aliphatic rings. The van der Waals surface area contributed by atoms with Crippen LogP contribution in [0.4, 0.5) is 0 Å². The zero-order valence-corrected chi connectivity index (χ0v) is 10.9. The number of benzene rings is 1. The van der Waals surface area contributed by atoms with E-state index < -0.39 is 0 Å². The first-order valence-electron chi connectivity index (χ1n) is 6.78. The Morgan fingerprint density at radius 1 is 0.875 bits per heavy atom. The van der Waals surface area contributed by atoms with Crippen LogP contribution in [0.5, 0.6) is 0 Å². The van der Waals surface area contributed by atoms with E-state index >= 15 is 0 Å². The molecule has 0 spiro atoms. The van der Waals surface area contributed by atoms with E-state index in [-0.39, 0.29) is 0 Å². The molecule has 0 nitrogen and oxygen atoms in total. The molecule has 0 radical (unpaired) electrons. The van der Waals surface area contributed by atoms with E-state index in [4.69, 9.17) is 0 Å². The minimum atomic E-state index is 0.565. The third-order valence-electron chi connectivity index (χ3n) is 4.57. The van der Waals surface area contributed by atoms with Gasteiger partial charge in [0.1, 0.15) is 0 Å². The summed E-state index contributed by atoms with van der Waals surface area (Å²) < 4.78 is 0. The van der Waals surface area contributed by atoms with Gasteiger partial charge in [-0.05, 0) is 48.5 Å². The van der Waals surface area contributed by atoms with Crippen LogP contribution in [0.1, 0.15) is 58.4 Å². The van der Waals surface area contributed by atoms with Crippen molar-refractivity contribution in [1.82, 2.24) is 0 Å². The van der Waals surface area contributed by atoms with Gasteiger partial charge < -0.3 is 0 Å². The molecular formula is C16H24. The Morgan fingerprint density at radius 2 is 1.44 bits per heavy atom. The largest absolute Gasteiger partial charge is 0.0683 e. The molecule has 2 bridgehead atoms. The van der Waals surface area contributed by atoms with Crippen LogP contribution in [-0.4, -0.2) is 0 Å². The molecule has 0 aliphatic heterocycles. The minimum absolute atomic E-state index is 0.565. The Kier molecular flexibility index (Phi) is 3.10. The molecule has 0 amide bonds. The summed E-state index contributed by atoms with van der Waals surface area (Å²) in [5, 5.41) is 0. The van der Waals surface area contributed by atoms with Crippen molar-refractivity contribution in [2.45, 2.75) is 58.3 Å². The Morgan fingerprint density at radius 3 is 1.88 bits per heavy atom. The highest BCUT2D eigenvalue weighted by Crippen LogP contribution is 2.61. The normalized spacial score (nSPS) is 35.7. The van der Waals surface area contributed by atoms with E-state index in [1.54, 1.807) is 5.56 Å². The van der Waals surface area contributed by atoms with Gasteiger partial charge in [0.05, 0.1) is 0 Å². The zero-order chi connectivity index (χ0) is 11.6. The summed E-state index contributed by atoms with van der Waals surface area (Å²) in [7, 11) is 0. The first-order chi connectivity index (χ1) is 7.73. The topological polar surface area (TPSA) is 0 Å². The van der Waals surface area contributed by atoms with E-state index in [9.17, 15) is 0 Å². The molecule has 2 saturated carbocycles. The van der Waals surface area contributed by atoms with E-state index in [1.807, 2.05) is 13.8 Å². The first-order valence-corrected chi connectivity index (χ1v) is 6.78. The maximum atomic E-state index is 2.48. The van der Waals surface area contributed by atoms with Crippen molar-refractivity contribution >= 4 is 0 Å². The van der Waals surface area contributed by atoms with Crippen molar-refractivity contribution < 1.29 is 0 Å². The fourth-order valence-electron chi connectivity index (χ4n) is 3.69. The quantitative estimate of drug-likeness (QED) is 0.624. The van der Waals surface area contributed by atoms with Gasteiger partial charge in [-0.15, -0.1) is 0 Å². The van der Waals surface area contributed by atoms with Crippen molar-refractivity contribution in [1.29, 1.82) is 0 Å². The highest BCUT2D eigenvalue weighted by molar-refractivity contribution is 5.30. The van der Waals surface area contributed by atoms with E-state index in [1.165, 1.54) is 32.1 Å². The van der Waals surface area contributed by atoms with Crippen molar-refractivity contribution in [2.75, 3.05) is 0 Å². The molecule has 0 heteroatoms. The second-order valence-electron chi connectivity index (χ2n) is 5.63. The van der Waals surface area contributed by atoms with Crippen LogP contribution in [0.15, 0.2) is 30.3 Å². The van der Waals surface area contributed by atoms with Crippen LogP contribution in [0.3, 0.4) is 0 Å². The zero-order valence-electron chi connectivity index (χ0n) is 10.9. The van der Waals surface area contributed by atoms with Crippen molar-refractivity contribution in [2.24, 2.45) is 5.41 Å². The Bertz CT molecular complexity index is 328. The van der Waals surface area contributed by atoms with Gasteiger partial charge in [-0.3, -0.25) is 0 Å². The molecule has 0 N–H and O–H groups in total. The minimum Gasteiger partial charge on any atom is -0.0683 e. The highest BCUT2D eigenvalue weighted by atomic mass is 14.6. The molecule has 1 aromatic rings. The van der Waals surface area contributed by atoms with Gasteiger partial charge in [-0.2, -0.15) is 0 Å². The van der Waals surface area contributed by atoms with E-state index in [0.717, 1.165) is 0 Å². The molecule has 0 heterocycles. The smallest absolute Gasteiger partial charge is 0.00414 e. The fourth-order valence-corrected chi connectivity index (χ4v) is 3.69. The summed E-state index contributed by atoms with van der Waals surface area (Å²) in [5.74, 6) is 0. The number of hydrogen-bond donors (Lipinski definition) is 0. The summed E-state index contributed by atoms with van der Waals surface area (Å²) in [6.07, 6.45) is 7.18. The van der Waals surface area contributed by atoms with Gasteiger partial charge in [-0.1, -0.05) is 51.1 Å². The van der Waals surface area contributed by atoms with Crippen molar-refractivity contribution in [3.63, 3.8) is 0 Å². The van der Waals surface area contributed by atoms with Crippen LogP contribution >= 0.6 is 0 Å². The van der Waals surface area contributed by atoms with Gasteiger partial charge in [0, 0.05) is 0 Å². The van der Waals surface area contributed by atoms with Crippen molar-refractivity contribution in [3.8, 4) is 0 Å². The third-order valence-corrected chi connectivity index (χ3v) is 4.57. The van der Waals surface area contributed by atoms with Crippen molar-refractivity contribution in [3.05, 3.63) is 35.9 Å². The standard InChI is InChI=1S/C14H18.C2H6/c1-13-7-9-14(11-13,10-8-13)12-5-3-2-4-6-12;1-2/h2-6H,7-11H2,1H3;1-2H3. The second kappa shape index (κ2) is 4.24. The van der Waals surface area contributed by atoms with E-state index in [0.29, 0.717) is 10.8 Å². The summed E-state index contributed by atoms with van der Waals surface area (Å²) in [4.78, 5) is 0. The molecule has 0 aromatic heterocycles. The van der Waals surface area contributed by atoms with Gasteiger partial charge in [0.25, 0.3) is 0 Å². The van der Waals surface area contributed by atoms with Crippen LogP contribution in [0.25, 0.3) is 0 Å². The summed E-state index contributed by atoms with van der Waals surface area (Å²) >= 11 is 0. The van der Waals surface area contributed by atoms with Crippen LogP contribution < -0.4 is 0 Å². The molecule has 3 rings (SSSR count). The molecule has 0 unspecified atom stereocenters. The Hall–Kier alpha value is -0.780. The van der Waals surface area contributed by atoms with Crippen LogP contribution in [0.2, 0.25) is 0 Å². The third kappa shape index (κ3) is 1.79. The number of fused-ring (bicyclic) bond motifs is 2. The van der Waals surface area contributed by atoms with Gasteiger partial charge in [0.15, 0.2) is 0 Å². The summed E-state index contributed by atoms with van der Waals surface area (Å²) in [5.41, 5.74) is 2.84. The summed E-state index contributed by atoms with van der Waals surface area (Å²) in [6, 6.07) is 11.2. The molecule has 2 fully saturated rings. The van der Waals surface area contributed by atoms with Gasteiger partial charge >= 0.3 is 0 Å². The molecule has 2 aliphatic carbocycles. The lowest BCUT2D eigenvalue weighted by Crippen LogP contribution is -2.19. The predicted octanol–water partition coefficient (Wildman–Crippen LogP) is 4.93. The average molecular weight is 216 g/mol. The van der Waals surface area contributed by atoms with Crippen LogP contribution in [-0.2, 0) is 5.41 Å². The maximum absolute atomic E-state index is 2.48.